The van der Waals surface area contributed by atoms with E-state index in [2.05, 4.69) is 15.3 Å². The molecule has 0 aliphatic carbocycles. The number of carbonyl (C=O) groups is 2. The molecule has 7 heteroatoms. The molecule has 26 heavy (non-hydrogen) atoms. The second kappa shape index (κ2) is 6.88. The molecule has 1 aromatic carbocycles. The van der Waals surface area contributed by atoms with E-state index < -0.39 is 17.6 Å². The van der Waals surface area contributed by atoms with E-state index in [-0.39, 0.29) is 16.8 Å². The highest BCUT2D eigenvalue weighted by atomic mass is 35.5. The number of ether oxygens (including phenoxy) is 1. The number of benzene rings is 1. The van der Waals surface area contributed by atoms with Gasteiger partial charge < -0.3 is 10.1 Å². The highest BCUT2D eigenvalue weighted by Crippen LogP contribution is 2.34. The van der Waals surface area contributed by atoms with Gasteiger partial charge in [-0.25, -0.2) is 14.8 Å². The third-order valence-corrected chi connectivity index (χ3v) is 3.84. The first-order chi connectivity index (χ1) is 12.2. The van der Waals surface area contributed by atoms with Gasteiger partial charge in [0.05, 0.1) is 5.69 Å². The highest BCUT2D eigenvalue weighted by Gasteiger charge is 2.35. The molecular formula is C19H18ClN3O3. The van der Waals surface area contributed by atoms with Crippen molar-refractivity contribution in [1.82, 2.24) is 10.3 Å². The molecule has 1 amide bonds. The number of hydrogen-bond acceptors (Lipinski definition) is 5. The van der Waals surface area contributed by atoms with Crippen molar-refractivity contribution in [3.05, 3.63) is 58.9 Å². The minimum atomic E-state index is -0.694. The van der Waals surface area contributed by atoms with Crippen LogP contribution in [0.3, 0.4) is 0 Å². The molecule has 1 N–H and O–H groups in total. The first-order valence-electron chi connectivity index (χ1n) is 8.08. The van der Waals surface area contributed by atoms with E-state index in [1.165, 1.54) is 12.3 Å². The molecular weight excluding hydrogens is 354 g/mol. The third-order valence-electron chi connectivity index (χ3n) is 3.63. The molecule has 134 valence electrons. The van der Waals surface area contributed by atoms with Crippen molar-refractivity contribution in [3.8, 4) is 0 Å². The molecule has 1 aliphatic heterocycles. The van der Waals surface area contributed by atoms with Gasteiger partial charge >= 0.3 is 5.97 Å². The third kappa shape index (κ3) is 3.91. The predicted octanol–water partition coefficient (Wildman–Crippen LogP) is 3.63. The quantitative estimate of drug-likeness (QED) is 0.659. The molecule has 0 bridgehead atoms. The Hall–Kier alpha value is -2.73. The van der Waals surface area contributed by atoms with E-state index in [0.29, 0.717) is 11.3 Å². The smallest absolute Gasteiger partial charge is 0.355 e. The fourth-order valence-electron chi connectivity index (χ4n) is 2.57. The molecule has 2 aromatic rings. The van der Waals surface area contributed by atoms with Crippen molar-refractivity contribution in [2.45, 2.75) is 32.4 Å². The minimum Gasteiger partial charge on any atom is -0.455 e. The highest BCUT2D eigenvalue weighted by molar-refractivity contribution is 6.40. The second-order valence-corrected chi connectivity index (χ2v) is 7.22. The van der Waals surface area contributed by atoms with Crippen molar-refractivity contribution in [2.24, 2.45) is 4.99 Å². The van der Waals surface area contributed by atoms with Crippen LogP contribution in [-0.2, 0) is 9.53 Å². The van der Waals surface area contributed by atoms with Gasteiger partial charge in [0.15, 0.2) is 5.71 Å². The number of rotatable bonds is 3. The summed E-state index contributed by atoms with van der Waals surface area (Å²) in [6.07, 6.45) is 1.45. The van der Waals surface area contributed by atoms with Crippen LogP contribution < -0.4 is 5.32 Å². The van der Waals surface area contributed by atoms with Crippen LogP contribution in [0.1, 0.15) is 42.7 Å². The second-order valence-electron chi connectivity index (χ2n) is 6.83. The summed E-state index contributed by atoms with van der Waals surface area (Å²) in [6, 6.07) is 9.57. The normalized spacial score (nSPS) is 15.8. The number of aromatic nitrogens is 1. The molecule has 6 nitrogen and oxygen atoms in total. The molecule has 1 atom stereocenters. The summed E-state index contributed by atoms with van der Waals surface area (Å²) in [5, 5.41) is 3.05. The number of carbonyl (C=O) groups excluding carboxylic acids is 2. The Kier molecular flexibility index (Phi) is 4.78. The Balaban J connectivity index is 1.90. The van der Waals surface area contributed by atoms with Gasteiger partial charge in [-0.15, -0.1) is 0 Å². The molecule has 0 fully saturated rings. The van der Waals surface area contributed by atoms with Crippen LogP contribution in [0.25, 0.3) is 0 Å². The standard InChI is InChI=1S/C19H18ClN3O3/c1-19(2,3)26-18(25)16-15(12-6-4-5-7-13(12)22-16)23-17(24)11-8-9-21-14(20)10-11/h4-10,15H,1-3H3,(H,23,24). The zero-order valence-corrected chi connectivity index (χ0v) is 15.4. The average molecular weight is 372 g/mol. The molecule has 1 aromatic heterocycles. The Morgan fingerprint density at radius 2 is 1.92 bits per heavy atom. The first kappa shape index (κ1) is 18.1. The van der Waals surface area contributed by atoms with Crippen molar-refractivity contribution in [3.63, 3.8) is 0 Å². The zero-order valence-electron chi connectivity index (χ0n) is 14.6. The number of esters is 1. The van der Waals surface area contributed by atoms with E-state index in [4.69, 9.17) is 16.3 Å². The van der Waals surface area contributed by atoms with Crippen molar-refractivity contribution >= 4 is 34.9 Å². The van der Waals surface area contributed by atoms with Gasteiger partial charge in [0.25, 0.3) is 5.91 Å². The number of aliphatic imine (C=N–C) groups is 1. The van der Waals surface area contributed by atoms with Crippen LogP contribution in [0.2, 0.25) is 5.15 Å². The SMILES string of the molecule is CC(C)(C)OC(=O)C1=Nc2ccccc2C1NC(=O)c1ccnc(Cl)c1. The van der Waals surface area contributed by atoms with Crippen LogP contribution in [0.5, 0.6) is 0 Å². The number of nitrogens with zero attached hydrogens (tertiary/aromatic N) is 2. The van der Waals surface area contributed by atoms with Gasteiger partial charge in [-0.05, 0) is 39.0 Å². The first-order valence-corrected chi connectivity index (χ1v) is 8.46. The van der Waals surface area contributed by atoms with Gasteiger partial charge in [-0.1, -0.05) is 29.8 Å². The number of amides is 1. The Morgan fingerprint density at radius 1 is 1.19 bits per heavy atom. The summed E-state index contributed by atoms with van der Waals surface area (Å²) in [6.45, 7) is 5.33. The lowest BCUT2D eigenvalue weighted by Crippen LogP contribution is -2.38. The fourth-order valence-corrected chi connectivity index (χ4v) is 2.75. The predicted molar refractivity (Wildman–Crippen MR) is 98.8 cm³/mol. The van der Waals surface area contributed by atoms with Crippen molar-refractivity contribution < 1.29 is 14.3 Å². The topological polar surface area (TPSA) is 80.6 Å². The van der Waals surface area contributed by atoms with Gasteiger partial charge in [-0.3, -0.25) is 4.79 Å². The van der Waals surface area contributed by atoms with E-state index in [9.17, 15) is 9.59 Å². The zero-order chi connectivity index (χ0) is 18.9. The minimum absolute atomic E-state index is 0.148. The van der Waals surface area contributed by atoms with Crippen molar-refractivity contribution in [1.29, 1.82) is 0 Å². The summed E-state index contributed by atoms with van der Waals surface area (Å²) in [5.41, 5.74) is 1.20. The lowest BCUT2D eigenvalue weighted by Gasteiger charge is -2.22. The Morgan fingerprint density at radius 3 is 2.62 bits per heavy atom. The van der Waals surface area contributed by atoms with Gasteiger partial charge in [-0.2, -0.15) is 0 Å². The summed E-state index contributed by atoms with van der Waals surface area (Å²) >= 11 is 5.85. The number of nitrogens with one attached hydrogen (secondary N) is 1. The van der Waals surface area contributed by atoms with Gasteiger partial charge in [0, 0.05) is 17.3 Å². The maximum atomic E-state index is 12.6. The monoisotopic (exact) mass is 371 g/mol. The maximum Gasteiger partial charge on any atom is 0.355 e. The molecule has 1 unspecified atom stereocenters. The summed E-state index contributed by atoms with van der Waals surface area (Å²) in [4.78, 5) is 33.4. The number of halogens is 1. The van der Waals surface area contributed by atoms with Crippen LogP contribution >= 0.6 is 11.6 Å². The summed E-state index contributed by atoms with van der Waals surface area (Å²) in [7, 11) is 0. The molecule has 1 aliphatic rings. The van der Waals surface area contributed by atoms with Crippen molar-refractivity contribution in [2.75, 3.05) is 0 Å². The number of pyridine rings is 1. The van der Waals surface area contributed by atoms with Crippen LogP contribution in [-0.4, -0.2) is 28.2 Å². The van der Waals surface area contributed by atoms with E-state index in [1.807, 2.05) is 18.2 Å². The van der Waals surface area contributed by atoms with E-state index >= 15 is 0 Å². The molecule has 0 spiro atoms. The van der Waals surface area contributed by atoms with E-state index in [1.54, 1.807) is 32.9 Å². The summed E-state index contributed by atoms with van der Waals surface area (Å²) < 4.78 is 5.44. The molecule has 2 heterocycles. The average Bonchev–Trinajstić information content (AvgIpc) is 2.92. The molecule has 0 saturated carbocycles. The van der Waals surface area contributed by atoms with Crippen LogP contribution in [0, 0.1) is 0 Å². The number of para-hydroxylation sites is 1. The largest absolute Gasteiger partial charge is 0.455 e. The Labute approximate surface area is 156 Å². The molecule has 0 radical (unpaired) electrons. The summed E-state index contributed by atoms with van der Waals surface area (Å²) in [5.74, 6) is -0.945. The Bertz CT molecular complexity index is 903. The maximum absolute atomic E-state index is 12.6. The fraction of sp³-hybridized carbons (Fsp3) is 0.263. The molecule has 0 saturated heterocycles. The lowest BCUT2D eigenvalue weighted by molar-refractivity contribution is -0.146. The number of fused-ring (bicyclic) bond motifs is 1. The lowest BCUT2D eigenvalue weighted by atomic mass is 10.0. The van der Waals surface area contributed by atoms with Gasteiger partial charge in [0.2, 0.25) is 0 Å². The van der Waals surface area contributed by atoms with E-state index in [0.717, 1.165) is 5.56 Å². The van der Waals surface area contributed by atoms with Crippen LogP contribution in [0.15, 0.2) is 47.6 Å². The molecule has 3 rings (SSSR count). The van der Waals surface area contributed by atoms with Crippen LogP contribution in [0.4, 0.5) is 5.69 Å². The van der Waals surface area contributed by atoms with Gasteiger partial charge in [0.1, 0.15) is 16.8 Å². The number of hydrogen-bond donors (Lipinski definition) is 1.